The summed E-state index contributed by atoms with van der Waals surface area (Å²) in [6, 6.07) is 9.78. The van der Waals surface area contributed by atoms with Gasteiger partial charge in [-0.05, 0) is 63.2 Å². The molecule has 0 aliphatic carbocycles. The number of piperidine rings is 1. The lowest BCUT2D eigenvalue weighted by atomic mass is 10.0. The van der Waals surface area contributed by atoms with Gasteiger partial charge in [0.1, 0.15) is 17.0 Å². The molecular formula is C20H23N5O. The van der Waals surface area contributed by atoms with Crippen molar-refractivity contribution in [2.24, 2.45) is 0 Å². The van der Waals surface area contributed by atoms with Crippen molar-refractivity contribution < 1.29 is 5.11 Å². The highest BCUT2D eigenvalue weighted by Gasteiger charge is 2.20. The fourth-order valence-corrected chi connectivity index (χ4v) is 3.60. The molecule has 2 N–H and O–H groups in total. The van der Waals surface area contributed by atoms with E-state index in [1.165, 1.54) is 6.42 Å². The fraction of sp³-hybridized carbons (Fsp3) is 0.350. The van der Waals surface area contributed by atoms with Gasteiger partial charge in [-0.15, -0.1) is 10.2 Å². The van der Waals surface area contributed by atoms with E-state index in [9.17, 15) is 5.11 Å². The molecule has 6 nitrogen and oxygen atoms in total. The van der Waals surface area contributed by atoms with E-state index in [1.807, 2.05) is 31.2 Å². The molecule has 0 bridgehead atoms. The number of phenolic OH excluding ortho intramolecular Hbond substituents is 1. The normalized spacial score (nSPS) is 18.2. The van der Waals surface area contributed by atoms with Gasteiger partial charge in [0, 0.05) is 29.7 Å². The number of aromatic nitrogens is 3. The number of hydrogen-bond acceptors (Lipinski definition) is 6. The molecule has 0 amide bonds. The van der Waals surface area contributed by atoms with Crippen LogP contribution in [0.4, 0.5) is 5.82 Å². The van der Waals surface area contributed by atoms with Crippen LogP contribution in [0.15, 0.2) is 36.5 Å². The zero-order valence-electron chi connectivity index (χ0n) is 15.1. The van der Waals surface area contributed by atoms with Crippen LogP contribution in [0, 0.1) is 6.92 Å². The zero-order valence-corrected chi connectivity index (χ0v) is 15.1. The Balaban J connectivity index is 1.76. The van der Waals surface area contributed by atoms with Gasteiger partial charge < -0.3 is 15.3 Å². The van der Waals surface area contributed by atoms with Crippen LogP contribution in [0.25, 0.3) is 22.2 Å². The van der Waals surface area contributed by atoms with Crippen molar-refractivity contribution in [3.8, 4) is 17.0 Å². The summed E-state index contributed by atoms with van der Waals surface area (Å²) in [5, 5.41) is 23.6. The summed E-state index contributed by atoms with van der Waals surface area (Å²) in [4.78, 5) is 6.86. The van der Waals surface area contributed by atoms with E-state index in [-0.39, 0.29) is 5.75 Å². The number of nitrogens with one attached hydrogen (secondary N) is 1. The molecule has 1 aliphatic heterocycles. The van der Waals surface area contributed by atoms with Gasteiger partial charge >= 0.3 is 0 Å². The van der Waals surface area contributed by atoms with Gasteiger partial charge in [-0.1, -0.05) is 6.07 Å². The summed E-state index contributed by atoms with van der Waals surface area (Å²) in [6.07, 6.45) is 4.05. The number of aryl methyl sites for hydroxylation is 1. The first-order valence-corrected chi connectivity index (χ1v) is 8.98. The Morgan fingerprint density at radius 1 is 1.23 bits per heavy atom. The number of likely N-dealkylation sites (tertiary alicyclic amines) is 1. The summed E-state index contributed by atoms with van der Waals surface area (Å²) >= 11 is 0. The fourth-order valence-electron chi connectivity index (χ4n) is 3.60. The van der Waals surface area contributed by atoms with Crippen molar-refractivity contribution in [2.45, 2.75) is 25.8 Å². The van der Waals surface area contributed by atoms with Gasteiger partial charge in [0.05, 0.1) is 0 Å². The molecule has 1 fully saturated rings. The number of nitrogens with zero attached hydrogens (tertiary/aromatic N) is 4. The summed E-state index contributed by atoms with van der Waals surface area (Å²) in [6.45, 7) is 4.06. The number of benzene rings is 1. The largest absolute Gasteiger partial charge is 0.507 e. The Labute approximate surface area is 152 Å². The first-order valence-electron chi connectivity index (χ1n) is 8.98. The van der Waals surface area contributed by atoms with E-state index in [4.69, 9.17) is 0 Å². The van der Waals surface area contributed by atoms with Gasteiger partial charge in [0.2, 0.25) is 0 Å². The molecule has 0 saturated carbocycles. The molecule has 1 aromatic carbocycles. The average molecular weight is 349 g/mol. The molecule has 1 aliphatic rings. The molecule has 0 spiro atoms. The van der Waals surface area contributed by atoms with E-state index in [1.54, 1.807) is 12.3 Å². The number of likely N-dealkylation sites (N-methyl/N-ethyl adjacent to an activating group) is 1. The molecule has 3 aromatic rings. The monoisotopic (exact) mass is 349 g/mol. The maximum absolute atomic E-state index is 10.4. The Hall–Kier alpha value is -2.73. The van der Waals surface area contributed by atoms with Crippen molar-refractivity contribution in [3.63, 3.8) is 0 Å². The molecule has 6 heteroatoms. The van der Waals surface area contributed by atoms with Gasteiger partial charge in [0.15, 0.2) is 5.82 Å². The van der Waals surface area contributed by atoms with Crippen LogP contribution in [0.3, 0.4) is 0 Å². The summed E-state index contributed by atoms with van der Waals surface area (Å²) < 4.78 is 0. The molecule has 4 rings (SSSR count). The van der Waals surface area contributed by atoms with E-state index < -0.39 is 0 Å². The number of hydrogen-bond donors (Lipinski definition) is 2. The third-order valence-corrected chi connectivity index (χ3v) is 4.91. The van der Waals surface area contributed by atoms with Crippen LogP contribution < -0.4 is 5.32 Å². The minimum Gasteiger partial charge on any atom is -0.507 e. The van der Waals surface area contributed by atoms with Crippen LogP contribution in [0.1, 0.15) is 18.4 Å². The molecule has 2 aromatic heterocycles. The first-order chi connectivity index (χ1) is 12.6. The van der Waals surface area contributed by atoms with Gasteiger partial charge in [-0.3, -0.25) is 4.98 Å². The van der Waals surface area contributed by atoms with Crippen LogP contribution in [-0.4, -0.2) is 51.4 Å². The van der Waals surface area contributed by atoms with Crippen LogP contribution >= 0.6 is 0 Å². The number of fused-ring (bicyclic) bond motifs is 1. The quantitative estimate of drug-likeness (QED) is 0.756. The van der Waals surface area contributed by atoms with E-state index >= 15 is 0 Å². The van der Waals surface area contributed by atoms with Crippen molar-refractivity contribution >= 4 is 16.7 Å². The standard InChI is InChI=1S/C20H23N5O/c1-13-7-8-15(17(26)11-13)18-16-6-3-9-21-19(16)20(24-23-18)22-14-5-4-10-25(2)12-14/h3,6-9,11,14,26H,4-5,10,12H2,1-2H3,(H,22,24). The summed E-state index contributed by atoms with van der Waals surface area (Å²) in [5.74, 6) is 0.912. The van der Waals surface area contributed by atoms with Crippen LogP contribution in [0.2, 0.25) is 0 Å². The highest BCUT2D eigenvalue weighted by molar-refractivity contribution is 5.98. The van der Waals surface area contributed by atoms with Crippen molar-refractivity contribution in [1.82, 2.24) is 20.1 Å². The highest BCUT2D eigenvalue weighted by atomic mass is 16.3. The van der Waals surface area contributed by atoms with Gasteiger partial charge in [0.25, 0.3) is 0 Å². The molecule has 134 valence electrons. The molecule has 26 heavy (non-hydrogen) atoms. The van der Waals surface area contributed by atoms with Crippen molar-refractivity contribution in [3.05, 3.63) is 42.1 Å². The third-order valence-electron chi connectivity index (χ3n) is 4.91. The van der Waals surface area contributed by atoms with Crippen molar-refractivity contribution in [1.29, 1.82) is 0 Å². The minimum absolute atomic E-state index is 0.207. The number of phenols is 1. The SMILES string of the molecule is Cc1ccc(-c2nnc(NC3CCCN(C)C3)c3ncccc23)c(O)c1. The van der Waals surface area contributed by atoms with Crippen LogP contribution in [-0.2, 0) is 0 Å². The topological polar surface area (TPSA) is 74.2 Å². The van der Waals surface area contributed by atoms with Gasteiger partial charge in [-0.2, -0.15) is 0 Å². The zero-order chi connectivity index (χ0) is 18.1. The predicted molar refractivity (Wildman–Crippen MR) is 103 cm³/mol. The van der Waals surface area contributed by atoms with Crippen molar-refractivity contribution in [2.75, 3.05) is 25.5 Å². The number of rotatable bonds is 3. The Kier molecular flexibility index (Phi) is 4.42. The van der Waals surface area contributed by atoms with E-state index in [0.29, 0.717) is 23.1 Å². The second-order valence-electron chi connectivity index (χ2n) is 7.06. The van der Waals surface area contributed by atoms with Gasteiger partial charge in [-0.25, -0.2) is 0 Å². The number of aromatic hydroxyl groups is 1. The summed E-state index contributed by atoms with van der Waals surface area (Å²) in [7, 11) is 2.14. The van der Waals surface area contributed by atoms with E-state index in [2.05, 4.69) is 32.4 Å². The maximum atomic E-state index is 10.4. The Morgan fingerprint density at radius 3 is 2.92 bits per heavy atom. The predicted octanol–water partition coefficient (Wildman–Crippen LogP) is 3.21. The molecular weight excluding hydrogens is 326 g/mol. The minimum atomic E-state index is 0.207. The molecule has 0 radical (unpaired) electrons. The number of pyridine rings is 1. The molecule has 1 atom stereocenters. The molecule has 1 unspecified atom stereocenters. The lowest BCUT2D eigenvalue weighted by molar-refractivity contribution is 0.261. The number of anilines is 1. The lowest BCUT2D eigenvalue weighted by Crippen LogP contribution is -2.40. The third kappa shape index (κ3) is 3.20. The smallest absolute Gasteiger partial charge is 0.175 e. The molecule has 1 saturated heterocycles. The highest BCUT2D eigenvalue weighted by Crippen LogP contribution is 2.34. The average Bonchev–Trinajstić information content (AvgIpc) is 2.63. The second-order valence-corrected chi connectivity index (χ2v) is 7.06. The maximum Gasteiger partial charge on any atom is 0.175 e. The van der Waals surface area contributed by atoms with Crippen LogP contribution in [0.5, 0.6) is 5.75 Å². The molecule has 3 heterocycles. The Morgan fingerprint density at radius 2 is 2.12 bits per heavy atom. The Bertz CT molecular complexity index is 943. The second kappa shape index (κ2) is 6.88. The van der Waals surface area contributed by atoms with E-state index in [0.717, 1.165) is 36.0 Å². The lowest BCUT2D eigenvalue weighted by Gasteiger charge is -2.30. The summed E-state index contributed by atoms with van der Waals surface area (Å²) in [5.41, 5.74) is 3.11. The first kappa shape index (κ1) is 16.7.